The van der Waals surface area contributed by atoms with Crippen molar-refractivity contribution in [2.24, 2.45) is 4.99 Å². The molecule has 1 aromatic rings. The fourth-order valence-electron chi connectivity index (χ4n) is 2.79. The van der Waals surface area contributed by atoms with Gasteiger partial charge in [0.1, 0.15) is 11.4 Å². The second-order valence-electron chi connectivity index (χ2n) is 5.69. The van der Waals surface area contributed by atoms with E-state index in [9.17, 15) is 18.0 Å². The van der Waals surface area contributed by atoms with Crippen LogP contribution in [-0.4, -0.2) is 30.4 Å². The van der Waals surface area contributed by atoms with Crippen molar-refractivity contribution in [2.45, 2.75) is 24.6 Å². The molecule has 2 N–H and O–H groups in total. The van der Waals surface area contributed by atoms with Crippen LogP contribution < -0.4 is 10.6 Å². The summed E-state index contributed by atoms with van der Waals surface area (Å²) in [6.45, 7) is 1.45. The summed E-state index contributed by atoms with van der Waals surface area (Å²) in [5.41, 5.74) is -1.02. The molecule has 2 aliphatic heterocycles. The van der Waals surface area contributed by atoms with Crippen LogP contribution in [0.15, 0.2) is 35.3 Å². The molecule has 1 aromatic carbocycles. The molecule has 0 unspecified atom stereocenters. The minimum absolute atomic E-state index is 0. The fraction of sp³-hybridized carbons (Fsp3) is 0.375. The molecule has 0 atom stereocenters. The van der Waals surface area contributed by atoms with E-state index in [2.05, 4.69) is 15.6 Å². The molecule has 1 saturated heterocycles. The van der Waals surface area contributed by atoms with Gasteiger partial charge >= 0.3 is 6.18 Å². The van der Waals surface area contributed by atoms with Crippen molar-refractivity contribution in [3.05, 3.63) is 41.5 Å². The van der Waals surface area contributed by atoms with Crippen LogP contribution in [0.4, 0.5) is 13.2 Å². The third-order valence-corrected chi connectivity index (χ3v) is 4.08. The van der Waals surface area contributed by atoms with Gasteiger partial charge in [0, 0.05) is 0 Å². The lowest BCUT2D eigenvalue weighted by Gasteiger charge is -2.27. The van der Waals surface area contributed by atoms with Crippen LogP contribution in [0, 0.1) is 0 Å². The summed E-state index contributed by atoms with van der Waals surface area (Å²) in [7, 11) is 0. The molecule has 2 heterocycles. The zero-order chi connectivity index (χ0) is 16.5. The van der Waals surface area contributed by atoms with Crippen molar-refractivity contribution in [3.8, 4) is 0 Å². The Morgan fingerprint density at radius 2 is 1.80 bits per heavy atom. The van der Waals surface area contributed by atoms with Gasteiger partial charge in [-0.3, -0.25) is 9.79 Å². The van der Waals surface area contributed by atoms with Gasteiger partial charge in [-0.05, 0) is 49.7 Å². The van der Waals surface area contributed by atoms with Crippen LogP contribution in [-0.2, 0) is 11.0 Å². The number of benzene rings is 1. The summed E-state index contributed by atoms with van der Waals surface area (Å²) in [6.07, 6.45) is -0.0554. The maximum Gasteiger partial charge on any atom is 0.416 e. The first-order chi connectivity index (χ1) is 10.9. The number of halogens is 5. The average Bonchev–Trinajstić information content (AvgIpc) is 2.81. The number of nitrogens with one attached hydrogen (secondary N) is 2. The van der Waals surface area contributed by atoms with Crippen molar-refractivity contribution in [3.63, 3.8) is 0 Å². The summed E-state index contributed by atoms with van der Waals surface area (Å²) >= 11 is 0. The third kappa shape index (κ3) is 4.74. The molecule has 0 radical (unpaired) electrons. The van der Waals surface area contributed by atoms with Gasteiger partial charge in [0.15, 0.2) is 0 Å². The smallest absolute Gasteiger partial charge is 0.317 e. The maximum atomic E-state index is 12.7. The van der Waals surface area contributed by atoms with E-state index in [4.69, 9.17) is 0 Å². The van der Waals surface area contributed by atoms with Crippen molar-refractivity contribution >= 4 is 42.6 Å². The van der Waals surface area contributed by atoms with E-state index >= 15 is 0 Å². The average molecular weight is 396 g/mol. The first kappa shape index (κ1) is 21.5. The van der Waals surface area contributed by atoms with Gasteiger partial charge in [-0.2, -0.15) is 13.2 Å². The summed E-state index contributed by atoms with van der Waals surface area (Å²) in [5.74, 6) is 0.261. The topological polar surface area (TPSA) is 53.5 Å². The predicted octanol–water partition coefficient (Wildman–Crippen LogP) is 3.21. The van der Waals surface area contributed by atoms with Gasteiger partial charge in [-0.1, -0.05) is 18.2 Å². The van der Waals surface area contributed by atoms with Gasteiger partial charge in [0.25, 0.3) is 5.91 Å². The second kappa shape index (κ2) is 8.21. The minimum atomic E-state index is -4.37. The molecular weight excluding hydrogens is 378 g/mol. The van der Waals surface area contributed by atoms with E-state index in [0.29, 0.717) is 24.2 Å². The third-order valence-electron chi connectivity index (χ3n) is 4.08. The Kier molecular flexibility index (Phi) is 7.05. The largest absolute Gasteiger partial charge is 0.416 e. The molecular formula is C16H18Cl2F3N3O. The van der Waals surface area contributed by atoms with Crippen molar-refractivity contribution in [1.29, 1.82) is 0 Å². The molecule has 3 rings (SSSR count). The number of rotatable bonds is 2. The monoisotopic (exact) mass is 395 g/mol. The van der Waals surface area contributed by atoms with Gasteiger partial charge in [0.05, 0.1) is 5.56 Å². The Morgan fingerprint density at radius 3 is 2.44 bits per heavy atom. The SMILES string of the molecule is Cl.Cl.O=C1NC(/C=C/c2cccc(C(F)(F)F)c2)=NC12CCNCC2. The molecule has 0 aromatic heterocycles. The lowest BCUT2D eigenvalue weighted by atomic mass is 9.89. The van der Waals surface area contributed by atoms with Crippen molar-refractivity contribution in [2.75, 3.05) is 13.1 Å². The summed E-state index contributed by atoms with van der Waals surface area (Å²) in [4.78, 5) is 16.6. The second-order valence-corrected chi connectivity index (χ2v) is 5.69. The first-order valence-electron chi connectivity index (χ1n) is 7.36. The van der Waals surface area contributed by atoms with E-state index in [1.165, 1.54) is 12.1 Å². The molecule has 0 saturated carbocycles. The Balaban J connectivity index is 0.00000156. The number of aliphatic imine (C=N–C) groups is 1. The number of amidine groups is 1. The Morgan fingerprint density at radius 1 is 1.12 bits per heavy atom. The summed E-state index contributed by atoms with van der Waals surface area (Å²) in [6, 6.07) is 5.01. The molecule has 4 nitrogen and oxygen atoms in total. The van der Waals surface area contributed by atoms with Gasteiger partial charge in [-0.25, -0.2) is 0 Å². The zero-order valence-corrected chi connectivity index (χ0v) is 14.7. The van der Waals surface area contributed by atoms with Crippen LogP contribution in [0.3, 0.4) is 0 Å². The highest BCUT2D eigenvalue weighted by atomic mass is 35.5. The maximum absolute atomic E-state index is 12.7. The Hall–Kier alpha value is -1.57. The van der Waals surface area contributed by atoms with Crippen LogP contribution in [0.25, 0.3) is 6.08 Å². The number of hydrogen-bond acceptors (Lipinski definition) is 3. The summed E-state index contributed by atoms with van der Waals surface area (Å²) in [5, 5.41) is 5.88. The molecule has 0 aliphatic carbocycles. The lowest BCUT2D eigenvalue weighted by molar-refractivity contribution is -0.137. The normalized spacial score (nSPS) is 19.2. The van der Waals surface area contributed by atoms with E-state index < -0.39 is 17.3 Å². The van der Waals surface area contributed by atoms with E-state index in [1.807, 2.05) is 0 Å². The molecule has 25 heavy (non-hydrogen) atoms. The van der Waals surface area contributed by atoms with E-state index in [-0.39, 0.29) is 30.7 Å². The number of amides is 1. The van der Waals surface area contributed by atoms with Crippen molar-refractivity contribution in [1.82, 2.24) is 10.6 Å². The molecule has 0 bridgehead atoms. The number of piperidine rings is 1. The number of hydrogen-bond donors (Lipinski definition) is 2. The van der Waals surface area contributed by atoms with Crippen LogP contribution in [0.1, 0.15) is 24.0 Å². The van der Waals surface area contributed by atoms with Crippen molar-refractivity contribution < 1.29 is 18.0 Å². The molecule has 1 amide bonds. The standard InChI is InChI=1S/C16H16F3N3O.2ClH/c17-16(18,19)12-3-1-2-11(10-12)4-5-13-21-14(23)15(22-13)6-8-20-9-7-15;;/h1-5,10,20H,6-9H2,(H,21,22,23);2*1H/b5-4+;;. The highest BCUT2D eigenvalue weighted by molar-refractivity contribution is 6.14. The van der Waals surface area contributed by atoms with Crippen LogP contribution in [0.5, 0.6) is 0 Å². The van der Waals surface area contributed by atoms with Crippen LogP contribution >= 0.6 is 24.8 Å². The molecule has 9 heteroatoms. The highest BCUT2D eigenvalue weighted by Crippen LogP contribution is 2.30. The van der Waals surface area contributed by atoms with E-state index in [1.54, 1.807) is 12.1 Å². The molecule has 2 aliphatic rings. The molecule has 1 spiro atoms. The lowest BCUT2D eigenvalue weighted by Crippen LogP contribution is -2.47. The zero-order valence-electron chi connectivity index (χ0n) is 13.1. The number of alkyl halides is 3. The summed E-state index contributed by atoms with van der Waals surface area (Å²) < 4.78 is 38.1. The molecule has 1 fully saturated rings. The quantitative estimate of drug-likeness (QED) is 0.807. The minimum Gasteiger partial charge on any atom is -0.317 e. The predicted molar refractivity (Wildman–Crippen MR) is 95.4 cm³/mol. The van der Waals surface area contributed by atoms with Gasteiger partial charge in [0.2, 0.25) is 0 Å². The fourth-order valence-corrected chi connectivity index (χ4v) is 2.79. The highest BCUT2D eigenvalue weighted by Gasteiger charge is 2.43. The van der Waals surface area contributed by atoms with Gasteiger partial charge in [-0.15, -0.1) is 24.8 Å². The van der Waals surface area contributed by atoms with E-state index in [0.717, 1.165) is 25.2 Å². The Bertz CT molecular complexity index is 683. The van der Waals surface area contributed by atoms with Gasteiger partial charge < -0.3 is 10.6 Å². The molecule has 138 valence electrons. The number of carbonyl (C=O) groups excluding carboxylic acids is 1. The Labute approximate surface area is 155 Å². The first-order valence-corrected chi connectivity index (χ1v) is 7.36. The van der Waals surface area contributed by atoms with Crippen LogP contribution in [0.2, 0.25) is 0 Å². The number of nitrogens with zero attached hydrogens (tertiary/aromatic N) is 1. The number of carbonyl (C=O) groups is 1.